The Labute approximate surface area is 187 Å². The topological polar surface area (TPSA) is 75.7 Å². The molecular formula is C23H23ClN2O4S. The maximum atomic E-state index is 13.0. The SMILES string of the molecule is COc1ccccc1N(C)S(=O)(=O)c1ccc(C(=O)Nc2c(C)cc(C)cc2Cl)cc1. The van der Waals surface area contributed by atoms with Crippen LogP contribution in [-0.2, 0) is 10.0 Å². The Bertz CT molecular complexity index is 1200. The van der Waals surface area contributed by atoms with Crippen molar-refractivity contribution in [3.8, 4) is 5.75 Å². The van der Waals surface area contributed by atoms with Crippen LogP contribution in [0, 0.1) is 13.8 Å². The number of anilines is 2. The zero-order valence-electron chi connectivity index (χ0n) is 17.6. The number of rotatable bonds is 6. The average molecular weight is 459 g/mol. The lowest BCUT2D eigenvalue weighted by Crippen LogP contribution is -2.27. The van der Waals surface area contributed by atoms with Crippen molar-refractivity contribution >= 4 is 38.9 Å². The summed E-state index contributed by atoms with van der Waals surface area (Å²) in [7, 11) is -0.908. The molecule has 6 nitrogen and oxygen atoms in total. The van der Waals surface area contributed by atoms with Crippen molar-refractivity contribution in [2.75, 3.05) is 23.8 Å². The van der Waals surface area contributed by atoms with Crippen LogP contribution < -0.4 is 14.4 Å². The molecule has 31 heavy (non-hydrogen) atoms. The van der Waals surface area contributed by atoms with Crippen LogP contribution in [-0.4, -0.2) is 28.5 Å². The van der Waals surface area contributed by atoms with Gasteiger partial charge < -0.3 is 10.1 Å². The summed E-state index contributed by atoms with van der Waals surface area (Å²) in [5, 5.41) is 3.24. The molecule has 8 heteroatoms. The number of sulfonamides is 1. The van der Waals surface area contributed by atoms with Crippen molar-refractivity contribution in [2.45, 2.75) is 18.7 Å². The number of para-hydroxylation sites is 2. The van der Waals surface area contributed by atoms with E-state index in [0.29, 0.717) is 27.7 Å². The van der Waals surface area contributed by atoms with E-state index in [9.17, 15) is 13.2 Å². The number of ether oxygens (including phenoxy) is 1. The molecular weight excluding hydrogens is 436 g/mol. The number of nitrogens with zero attached hydrogens (tertiary/aromatic N) is 1. The van der Waals surface area contributed by atoms with E-state index in [2.05, 4.69) is 5.32 Å². The number of nitrogens with one attached hydrogen (secondary N) is 1. The van der Waals surface area contributed by atoms with Gasteiger partial charge >= 0.3 is 0 Å². The third-order valence-electron chi connectivity index (χ3n) is 4.87. The molecule has 0 atom stereocenters. The maximum Gasteiger partial charge on any atom is 0.264 e. The monoisotopic (exact) mass is 458 g/mol. The Balaban J connectivity index is 1.84. The number of hydrogen-bond donors (Lipinski definition) is 1. The molecule has 0 bridgehead atoms. The average Bonchev–Trinajstić information content (AvgIpc) is 2.75. The molecule has 0 saturated carbocycles. The van der Waals surface area contributed by atoms with Crippen LogP contribution in [0.25, 0.3) is 0 Å². The summed E-state index contributed by atoms with van der Waals surface area (Å²) in [5.74, 6) is 0.0609. The molecule has 0 aliphatic heterocycles. The summed E-state index contributed by atoms with van der Waals surface area (Å²) in [6, 6.07) is 16.3. The maximum absolute atomic E-state index is 13.0. The second-order valence-electron chi connectivity index (χ2n) is 7.06. The molecule has 0 aliphatic rings. The smallest absolute Gasteiger partial charge is 0.264 e. The number of halogens is 1. The van der Waals surface area contributed by atoms with Crippen molar-refractivity contribution < 1.29 is 17.9 Å². The highest BCUT2D eigenvalue weighted by atomic mass is 35.5. The van der Waals surface area contributed by atoms with E-state index in [1.165, 1.54) is 38.4 Å². The number of amides is 1. The first-order valence-corrected chi connectivity index (χ1v) is 11.3. The second-order valence-corrected chi connectivity index (χ2v) is 9.44. The van der Waals surface area contributed by atoms with Crippen LogP contribution in [0.5, 0.6) is 5.75 Å². The highest BCUT2D eigenvalue weighted by Gasteiger charge is 2.24. The summed E-state index contributed by atoms with van der Waals surface area (Å²) < 4.78 is 32.5. The third kappa shape index (κ3) is 4.68. The van der Waals surface area contributed by atoms with E-state index in [-0.39, 0.29) is 10.8 Å². The van der Waals surface area contributed by atoms with Gasteiger partial charge in [-0.3, -0.25) is 9.10 Å². The fourth-order valence-electron chi connectivity index (χ4n) is 3.22. The fraction of sp³-hybridized carbons (Fsp3) is 0.174. The Morgan fingerprint density at radius 1 is 1.03 bits per heavy atom. The number of benzene rings is 3. The molecule has 162 valence electrons. The van der Waals surface area contributed by atoms with Crippen molar-refractivity contribution in [1.29, 1.82) is 0 Å². The van der Waals surface area contributed by atoms with Gasteiger partial charge in [-0.2, -0.15) is 0 Å². The first-order chi connectivity index (χ1) is 14.6. The minimum absolute atomic E-state index is 0.0574. The molecule has 1 N–H and O–H groups in total. The van der Waals surface area contributed by atoms with Gasteiger partial charge in [-0.15, -0.1) is 0 Å². The van der Waals surface area contributed by atoms with Crippen LogP contribution in [0.15, 0.2) is 65.6 Å². The lowest BCUT2D eigenvalue weighted by atomic mass is 10.1. The van der Waals surface area contributed by atoms with Gasteiger partial charge in [0, 0.05) is 12.6 Å². The summed E-state index contributed by atoms with van der Waals surface area (Å²) in [6.45, 7) is 3.78. The lowest BCUT2D eigenvalue weighted by molar-refractivity contribution is 0.102. The third-order valence-corrected chi connectivity index (χ3v) is 6.95. The summed E-state index contributed by atoms with van der Waals surface area (Å²) in [6.07, 6.45) is 0. The zero-order valence-corrected chi connectivity index (χ0v) is 19.2. The molecule has 0 fully saturated rings. The molecule has 0 aromatic heterocycles. The minimum atomic E-state index is -3.84. The van der Waals surface area contributed by atoms with Gasteiger partial charge in [0.2, 0.25) is 0 Å². The molecule has 0 saturated heterocycles. The van der Waals surface area contributed by atoms with Crippen molar-refractivity contribution in [3.63, 3.8) is 0 Å². The first-order valence-electron chi connectivity index (χ1n) is 9.45. The molecule has 1 amide bonds. The van der Waals surface area contributed by atoms with E-state index in [1.54, 1.807) is 30.3 Å². The minimum Gasteiger partial charge on any atom is -0.495 e. The van der Waals surface area contributed by atoms with Crippen molar-refractivity contribution in [1.82, 2.24) is 0 Å². The number of aryl methyl sites for hydroxylation is 2. The Morgan fingerprint density at radius 3 is 2.29 bits per heavy atom. The van der Waals surface area contributed by atoms with Crippen molar-refractivity contribution in [3.05, 3.63) is 82.4 Å². The van der Waals surface area contributed by atoms with Gasteiger partial charge in [-0.1, -0.05) is 29.8 Å². The van der Waals surface area contributed by atoms with Gasteiger partial charge in [0.1, 0.15) is 5.75 Å². The molecule has 0 aliphatic carbocycles. The Hall–Kier alpha value is -3.03. The van der Waals surface area contributed by atoms with Crippen molar-refractivity contribution in [2.24, 2.45) is 0 Å². The quantitative estimate of drug-likeness (QED) is 0.561. The van der Waals surface area contributed by atoms with Crippen LogP contribution in [0.1, 0.15) is 21.5 Å². The molecule has 3 aromatic rings. The zero-order chi connectivity index (χ0) is 22.8. The van der Waals surface area contributed by atoms with Gasteiger partial charge in [0.05, 0.1) is 28.4 Å². The molecule has 3 aromatic carbocycles. The molecule has 0 unspecified atom stereocenters. The number of carbonyl (C=O) groups is 1. The van der Waals surface area contributed by atoms with Crippen LogP contribution in [0.3, 0.4) is 0 Å². The second kappa shape index (κ2) is 8.99. The Kier molecular flexibility index (Phi) is 6.57. The Morgan fingerprint density at radius 2 is 1.68 bits per heavy atom. The van der Waals surface area contributed by atoms with Crippen LogP contribution in [0.2, 0.25) is 5.02 Å². The summed E-state index contributed by atoms with van der Waals surface area (Å²) >= 11 is 6.26. The van der Waals surface area contributed by atoms with Crippen LogP contribution >= 0.6 is 11.6 Å². The van der Waals surface area contributed by atoms with Gasteiger partial charge in [-0.25, -0.2) is 8.42 Å². The van der Waals surface area contributed by atoms with E-state index in [0.717, 1.165) is 15.4 Å². The molecule has 3 rings (SSSR count). The normalized spacial score (nSPS) is 11.1. The highest BCUT2D eigenvalue weighted by Crippen LogP contribution is 2.31. The number of hydrogen-bond acceptors (Lipinski definition) is 4. The number of methoxy groups -OCH3 is 1. The van der Waals surface area contributed by atoms with Gasteiger partial charge in [-0.05, 0) is 67.4 Å². The predicted octanol–water partition coefficient (Wildman–Crippen LogP) is 5.04. The highest BCUT2D eigenvalue weighted by molar-refractivity contribution is 7.92. The summed E-state index contributed by atoms with van der Waals surface area (Å²) in [4.78, 5) is 12.7. The molecule has 0 spiro atoms. The largest absolute Gasteiger partial charge is 0.495 e. The molecule has 0 radical (unpaired) electrons. The molecule has 0 heterocycles. The van der Waals surface area contributed by atoms with E-state index >= 15 is 0 Å². The van der Waals surface area contributed by atoms with E-state index < -0.39 is 10.0 Å². The lowest BCUT2D eigenvalue weighted by Gasteiger charge is -2.21. The number of carbonyl (C=O) groups excluding carboxylic acids is 1. The summed E-state index contributed by atoms with van der Waals surface area (Å²) in [5.41, 5.74) is 3.10. The standard InChI is InChI=1S/C23H23ClN2O4S/c1-15-13-16(2)22(19(24)14-15)25-23(27)17-9-11-18(12-10-17)31(28,29)26(3)20-7-5-6-8-21(20)30-4/h5-14H,1-4H3,(H,25,27). The van der Waals surface area contributed by atoms with Gasteiger partial charge in [0.15, 0.2) is 0 Å². The first kappa shape index (κ1) is 22.7. The predicted molar refractivity (Wildman–Crippen MR) is 124 cm³/mol. The van der Waals surface area contributed by atoms with Crippen LogP contribution in [0.4, 0.5) is 11.4 Å². The van der Waals surface area contributed by atoms with E-state index in [1.807, 2.05) is 19.9 Å². The van der Waals surface area contributed by atoms with Gasteiger partial charge in [0.25, 0.3) is 15.9 Å². The fourth-order valence-corrected chi connectivity index (χ4v) is 4.79. The van der Waals surface area contributed by atoms with E-state index in [4.69, 9.17) is 16.3 Å².